The lowest BCUT2D eigenvalue weighted by Crippen LogP contribution is -2.30. The standard InChI is InChI=1S/C40H42N4O6S/c1-48-37-22-33(23-38(49-2)39(37)50-3)30-15-18-35(19-16-30)51(46,47)44(27-29-8-7-21-41-24-29)26-28-11-13-31(14-12-28)36-20-17-34(25-42-36)43-40(45)32-9-5-4-6-10-32/h7-8,11-25,32H,4-6,9-10,26-27H2,1-3H3,(H,43,45). The second kappa shape index (κ2) is 16.2. The van der Waals surface area contributed by atoms with E-state index in [1.54, 1.807) is 70.3 Å². The van der Waals surface area contributed by atoms with Gasteiger partial charge >= 0.3 is 0 Å². The Labute approximate surface area is 299 Å². The summed E-state index contributed by atoms with van der Waals surface area (Å²) in [5.41, 5.74) is 5.48. The van der Waals surface area contributed by atoms with Gasteiger partial charge in [-0.15, -0.1) is 0 Å². The van der Waals surface area contributed by atoms with Crippen molar-refractivity contribution in [2.24, 2.45) is 5.92 Å². The van der Waals surface area contributed by atoms with Crippen molar-refractivity contribution in [2.45, 2.75) is 50.1 Å². The first-order valence-electron chi connectivity index (χ1n) is 16.9. The first-order valence-corrected chi connectivity index (χ1v) is 18.4. The predicted octanol–water partition coefficient (Wildman–Crippen LogP) is 7.75. The first kappa shape index (κ1) is 35.6. The van der Waals surface area contributed by atoms with Crippen molar-refractivity contribution in [1.29, 1.82) is 0 Å². The van der Waals surface area contributed by atoms with Gasteiger partial charge in [0, 0.05) is 37.0 Å². The molecule has 0 bridgehead atoms. The molecule has 1 amide bonds. The monoisotopic (exact) mass is 706 g/mol. The number of nitrogens with zero attached hydrogens (tertiary/aromatic N) is 3. The Morgan fingerprint density at radius 2 is 1.43 bits per heavy atom. The molecule has 10 nitrogen and oxygen atoms in total. The third-order valence-corrected chi connectivity index (χ3v) is 11.0. The third-order valence-electron chi connectivity index (χ3n) is 9.19. The molecule has 0 unspecified atom stereocenters. The number of nitrogens with one attached hydrogen (secondary N) is 1. The van der Waals surface area contributed by atoms with Gasteiger partial charge in [-0.1, -0.05) is 61.7 Å². The molecule has 11 heteroatoms. The molecule has 1 saturated carbocycles. The Bertz CT molecular complexity index is 2010. The summed E-state index contributed by atoms with van der Waals surface area (Å²) in [6.45, 7) is 0.286. The maximum absolute atomic E-state index is 14.2. The van der Waals surface area contributed by atoms with Crippen LogP contribution in [0.4, 0.5) is 5.69 Å². The normalized spacial score (nSPS) is 13.5. The van der Waals surface area contributed by atoms with Crippen LogP contribution < -0.4 is 19.5 Å². The molecule has 0 radical (unpaired) electrons. The Morgan fingerprint density at radius 3 is 2.02 bits per heavy atom. The van der Waals surface area contributed by atoms with Crippen LogP contribution in [0.15, 0.2) is 108 Å². The molecule has 264 valence electrons. The van der Waals surface area contributed by atoms with Crippen LogP contribution in [-0.2, 0) is 27.9 Å². The fourth-order valence-corrected chi connectivity index (χ4v) is 7.79. The average Bonchev–Trinajstić information content (AvgIpc) is 3.18. The molecule has 1 N–H and O–H groups in total. The number of pyridine rings is 2. The maximum atomic E-state index is 14.2. The zero-order valence-electron chi connectivity index (χ0n) is 29.0. The summed E-state index contributed by atoms with van der Waals surface area (Å²) >= 11 is 0. The van der Waals surface area contributed by atoms with Crippen molar-refractivity contribution < 1.29 is 27.4 Å². The lowest BCUT2D eigenvalue weighted by atomic mass is 9.88. The molecule has 6 rings (SSSR count). The van der Waals surface area contributed by atoms with E-state index in [-0.39, 0.29) is 29.8 Å². The second-order valence-corrected chi connectivity index (χ2v) is 14.5. The van der Waals surface area contributed by atoms with Gasteiger partial charge in [0.1, 0.15) is 0 Å². The molecule has 0 saturated heterocycles. The number of carbonyl (C=O) groups excluding carboxylic acids is 1. The zero-order valence-corrected chi connectivity index (χ0v) is 29.9. The quantitative estimate of drug-likeness (QED) is 0.132. The Hall–Kier alpha value is -5.26. The number of amides is 1. The van der Waals surface area contributed by atoms with Crippen molar-refractivity contribution in [2.75, 3.05) is 26.6 Å². The molecule has 0 spiro atoms. The van der Waals surface area contributed by atoms with E-state index in [9.17, 15) is 13.2 Å². The van der Waals surface area contributed by atoms with Crippen LogP contribution >= 0.6 is 0 Å². The smallest absolute Gasteiger partial charge is 0.243 e. The lowest BCUT2D eigenvalue weighted by Gasteiger charge is -2.23. The number of methoxy groups -OCH3 is 3. The number of hydrogen-bond acceptors (Lipinski definition) is 8. The summed E-state index contributed by atoms with van der Waals surface area (Å²) in [5, 5.41) is 3.01. The van der Waals surface area contributed by atoms with Gasteiger partial charge in [0.05, 0.1) is 43.8 Å². The van der Waals surface area contributed by atoms with Gasteiger partial charge in [0.25, 0.3) is 0 Å². The van der Waals surface area contributed by atoms with E-state index in [0.717, 1.165) is 59.2 Å². The topological polar surface area (TPSA) is 120 Å². The van der Waals surface area contributed by atoms with Crippen LogP contribution in [0.5, 0.6) is 17.2 Å². The minimum Gasteiger partial charge on any atom is -0.493 e. The van der Waals surface area contributed by atoms with Crippen LogP contribution in [0.3, 0.4) is 0 Å². The van der Waals surface area contributed by atoms with Crippen LogP contribution in [0.25, 0.3) is 22.4 Å². The van der Waals surface area contributed by atoms with E-state index in [1.165, 1.54) is 10.7 Å². The number of rotatable bonds is 13. The number of anilines is 1. The van der Waals surface area contributed by atoms with Gasteiger partial charge in [0.15, 0.2) is 11.5 Å². The van der Waals surface area contributed by atoms with E-state index in [1.807, 2.05) is 54.6 Å². The predicted molar refractivity (Wildman–Crippen MR) is 197 cm³/mol. The van der Waals surface area contributed by atoms with E-state index in [0.29, 0.717) is 22.9 Å². The van der Waals surface area contributed by atoms with E-state index < -0.39 is 10.0 Å². The number of aromatic nitrogens is 2. The van der Waals surface area contributed by atoms with E-state index >= 15 is 0 Å². The van der Waals surface area contributed by atoms with Crippen molar-refractivity contribution in [3.63, 3.8) is 0 Å². The van der Waals surface area contributed by atoms with Gasteiger partial charge < -0.3 is 19.5 Å². The molecule has 3 aromatic carbocycles. The van der Waals surface area contributed by atoms with Crippen molar-refractivity contribution in [1.82, 2.24) is 14.3 Å². The van der Waals surface area contributed by atoms with Crippen LogP contribution in [0.1, 0.15) is 43.2 Å². The molecule has 1 aliphatic rings. The molecular formula is C40H42N4O6S. The lowest BCUT2D eigenvalue weighted by molar-refractivity contribution is -0.120. The van der Waals surface area contributed by atoms with E-state index in [4.69, 9.17) is 14.2 Å². The summed E-state index contributed by atoms with van der Waals surface area (Å²) < 4.78 is 46.3. The highest BCUT2D eigenvalue weighted by atomic mass is 32.2. The SMILES string of the molecule is COc1cc(-c2ccc(S(=O)(=O)N(Cc3ccc(-c4ccc(NC(=O)C5CCCCC5)cn4)cc3)Cc3cccnc3)cc2)cc(OC)c1OC. The minimum absolute atomic E-state index is 0.0638. The molecule has 2 heterocycles. The van der Waals surface area contributed by atoms with Gasteiger partial charge in [-0.05, 0) is 77.6 Å². The van der Waals surface area contributed by atoms with Crippen molar-refractivity contribution in [3.8, 4) is 39.6 Å². The van der Waals surface area contributed by atoms with E-state index in [2.05, 4.69) is 15.3 Å². The summed E-state index contributed by atoms with van der Waals surface area (Å²) in [7, 11) is 0.718. The fourth-order valence-electron chi connectivity index (χ4n) is 6.37. The highest BCUT2D eigenvalue weighted by molar-refractivity contribution is 7.89. The average molecular weight is 707 g/mol. The van der Waals surface area contributed by atoms with Gasteiger partial charge in [0.2, 0.25) is 21.7 Å². The van der Waals surface area contributed by atoms with Gasteiger partial charge in [-0.2, -0.15) is 4.31 Å². The van der Waals surface area contributed by atoms with Crippen LogP contribution in [0, 0.1) is 5.92 Å². The number of ether oxygens (including phenoxy) is 3. The summed E-state index contributed by atoms with van der Waals surface area (Å²) in [6, 6.07) is 25.5. The van der Waals surface area contributed by atoms with Crippen LogP contribution in [-0.4, -0.2) is 49.9 Å². The molecule has 0 atom stereocenters. The molecule has 0 aliphatic heterocycles. The van der Waals surface area contributed by atoms with Crippen molar-refractivity contribution in [3.05, 3.63) is 115 Å². The summed E-state index contributed by atoms with van der Waals surface area (Å²) in [5.74, 6) is 1.62. The van der Waals surface area contributed by atoms with Gasteiger partial charge in [-0.3, -0.25) is 14.8 Å². The Balaban J connectivity index is 1.20. The highest BCUT2D eigenvalue weighted by Crippen LogP contribution is 2.41. The molecule has 1 fully saturated rings. The number of sulfonamides is 1. The molecule has 2 aromatic heterocycles. The second-order valence-electron chi connectivity index (χ2n) is 12.5. The Kier molecular flexibility index (Phi) is 11.3. The molecule has 1 aliphatic carbocycles. The highest BCUT2D eigenvalue weighted by Gasteiger charge is 2.26. The van der Waals surface area contributed by atoms with Crippen molar-refractivity contribution >= 4 is 21.6 Å². The third kappa shape index (κ3) is 8.38. The largest absolute Gasteiger partial charge is 0.493 e. The molecule has 5 aromatic rings. The van der Waals surface area contributed by atoms with Crippen LogP contribution in [0.2, 0.25) is 0 Å². The minimum atomic E-state index is -3.93. The number of benzene rings is 3. The summed E-state index contributed by atoms with van der Waals surface area (Å²) in [4.78, 5) is 21.6. The Morgan fingerprint density at radius 1 is 0.765 bits per heavy atom. The number of hydrogen-bond donors (Lipinski definition) is 1. The summed E-state index contributed by atoms with van der Waals surface area (Å²) in [6.07, 6.45) is 10.3. The van der Waals surface area contributed by atoms with Gasteiger partial charge in [-0.25, -0.2) is 8.42 Å². The maximum Gasteiger partial charge on any atom is 0.243 e. The fraction of sp³-hybridized carbons (Fsp3) is 0.275. The number of carbonyl (C=O) groups is 1. The molecular weight excluding hydrogens is 665 g/mol. The zero-order chi connectivity index (χ0) is 35.8. The first-order chi connectivity index (χ1) is 24.8. The molecule has 51 heavy (non-hydrogen) atoms.